The van der Waals surface area contributed by atoms with Crippen molar-refractivity contribution in [2.45, 2.75) is 56.0 Å². The SMILES string of the molecule is CS(=O)(=O)CC(O)Nc1c2c(nn1-c1cccc(C3CC3)c1)C[C@]1(CCc3cc(OCC(F)(F)F)ccc31)NC2=O. The number of aliphatic hydroxyl groups is 1. The number of hydrogen-bond acceptors (Lipinski definition) is 7. The van der Waals surface area contributed by atoms with Crippen LogP contribution in [0.1, 0.15) is 57.9 Å². The molecular weight excluding hydrogens is 561 g/mol. The number of aryl methyl sites for hydroxylation is 1. The van der Waals surface area contributed by atoms with Crippen LogP contribution in [0.4, 0.5) is 19.0 Å². The maximum absolute atomic E-state index is 13.7. The van der Waals surface area contributed by atoms with Crippen molar-refractivity contribution in [1.29, 1.82) is 0 Å². The van der Waals surface area contributed by atoms with E-state index in [-0.39, 0.29) is 17.1 Å². The van der Waals surface area contributed by atoms with Crippen molar-refractivity contribution in [3.8, 4) is 11.4 Å². The fraction of sp³-hybridized carbons (Fsp3) is 0.429. The molecule has 0 radical (unpaired) electrons. The minimum absolute atomic E-state index is 0.104. The third-order valence-electron chi connectivity index (χ3n) is 7.75. The average molecular weight is 591 g/mol. The number of sulfone groups is 1. The first kappa shape index (κ1) is 27.6. The number of nitrogens with zero attached hydrogens (tertiary/aromatic N) is 2. The molecule has 1 amide bonds. The highest BCUT2D eigenvalue weighted by atomic mass is 32.2. The molecule has 1 aliphatic heterocycles. The number of aromatic nitrogens is 2. The Hall–Kier alpha value is -3.58. The van der Waals surface area contributed by atoms with Gasteiger partial charge in [0.15, 0.2) is 16.4 Å². The number of carbonyl (C=O) groups is 1. The maximum atomic E-state index is 13.7. The van der Waals surface area contributed by atoms with Crippen LogP contribution in [0.3, 0.4) is 0 Å². The number of ether oxygens (including phenoxy) is 1. The average Bonchev–Trinajstić information content (AvgIpc) is 3.60. The minimum Gasteiger partial charge on any atom is -0.484 e. The summed E-state index contributed by atoms with van der Waals surface area (Å²) in [4.78, 5) is 13.7. The second kappa shape index (κ2) is 9.76. The van der Waals surface area contributed by atoms with E-state index in [1.807, 2.05) is 24.3 Å². The smallest absolute Gasteiger partial charge is 0.422 e. The van der Waals surface area contributed by atoms with Gasteiger partial charge in [0.05, 0.1) is 22.7 Å². The van der Waals surface area contributed by atoms with Crippen molar-refractivity contribution in [3.05, 3.63) is 70.4 Å². The van der Waals surface area contributed by atoms with Crippen LogP contribution in [0, 0.1) is 0 Å². The van der Waals surface area contributed by atoms with E-state index in [9.17, 15) is 31.5 Å². The van der Waals surface area contributed by atoms with Gasteiger partial charge in [-0.05, 0) is 72.6 Å². The lowest BCUT2D eigenvalue weighted by Crippen LogP contribution is -2.50. The van der Waals surface area contributed by atoms with Crippen molar-refractivity contribution >= 4 is 21.6 Å². The number of fused-ring (bicyclic) bond motifs is 3. The molecule has 41 heavy (non-hydrogen) atoms. The molecular formula is C28H29F3N4O5S. The summed E-state index contributed by atoms with van der Waals surface area (Å²) in [6.45, 7) is -1.39. The zero-order valence-corrected chi connectivity index (χ0v) is 23.0. The number of alkyl halides is 3. The van der Waals surface area contributed by atoms with Gasteiger partial charge < -0.3 is 20.5 Å². The standard InChI is InChI=1S/C28H29F3N4O5S/c1-41(38,39)14-23(36)32-25-24-22(34-35(25)19-4-2-3-17(11-19)16-5-6-16)13-27(33-26(24)37)10-9-18-12-20(7-8-21(18)27)40-15-28(29,30)31/h2-4,7-8,11-12,16,23,32,36H,5-6,9-10,13-15H2,1H3,(H,33,37)/t23?,27-/m0/s1. The van der Waals surface area contributed by atoms with Gasteiger partial charge in [0.1, 0.15) is 23.4 Å². The fourth-order valence-corrected chi connectivity index (χ4v) is 6.52. The minimum atomic E-state index is -4.45. The highest BCUT2D eigenvalue weighted by Gasteiger charge is 2.47. The summed E-state index contributed by atoms with van der Waals surface area (Å²) in [6.07, 6.45) is -1.41. The number of benzene rings is 2. The largest absolute Gasteiger partial charge is 0.484 e. The Morgan fingerprint density at radius 1 is 1.24 bits per heavy atom. The number of hydrogen-bond donors (Lipinski definition) is 3. The Morgan fingerprint density at radius 2 is 2.02 bits per heavy atom. The topological polar surface area (TPSA) is 123 Å². The molecule has 2 heterocycles. The molecule has 1 unspecified atom stereocenters. The molecule has 3 N–H and O–H groups in total. The third-order valence-corrected chi connectivity index (χ3v) is 8.67. The van der Waals surface area contributed by atoms with Crippen LogP contribution in [0.15, 0.2) is 42.5 Å². The molecule has 13 heteroatoms. The van der Waals surface area contributed by atoms with Crippen molar-refractivity contribution in [2.24, 2.45) is 0 Å². The Bertz CT molecular complexity index is 1630. The first-order chi connectivity index (χ1) is 19.3. The van der Waals surface area contributed by atoms with Crippen LogP contribution in [-0.2, 0) is 28.2 Å². The van der Waals surface area contributed by atoms with E-state index in [1.54, 1.807) is 12.1 Å². The van der Waals surface area contributed by atoms with Crippen LogP contribution >= 0.6 is 0 Å². The van der Waals surface area contributed by atoms with Crippen LogP contribution < -0.4 is 15.4 Å². The molecule has 9 nitrogen and oxygen atoms in total. The summed E-state index contributed by atoms with van der Waals surface area (Å²) in [5.74, 6) is -0.265. The molecule has 1 aromatic heterocycles. The van der Waals surface area contributed by atoms with E-state index in [4.69, 9.17) is 9.84 Å². The molecule has 1 saturated carbocycles. The molecule has 218 valence electrons. The Labute approximate surface area is 234 Å². The zero-order chi connectivity index (χ0) is 29.2. The molecule has 1 fully saturated rings. The Balaban J connectivity index is 1.37. The van der Waals surface area contributed by atoms with Gasteiger partial charge in [0.2, 0.25) is 0 Å². The highest BCUT2D eigenvalue weighted by molar-refractivity contribution is 7.90. The van der Waals surface area contributed by atoms with Crippen molar-refractivity contribution in [1.82, 2.24) is 15.1 Å². The summed E-state index contributed by atoms with van der Waals surface area (Å²) in [7, 11) is -3.53. The van der Waals surface area contributed by atoms with Gasteiger partial charge in [-0.25, -0.2) is 13.1 Å². The van der Waals surface area contributed by atoms with E-state index >= 15 is 0 Å². The molecule has 3 aliphatic rings. The second-order valence-corrected chi connectivity index (χ2v) is 13.3. The lowest BCUT2D eigenvalue weighted by atomic mass is 9.82. The van der Waals surface area contributed by atoms with E-state index in [0.29, 0.717) is 36.6 Å². The third kappa shape index (κ3) is 5.65. The number of nitrogens with one attached hydrogen (secondary N) is 2. The van der Waals surface area contributed by atoms with Gasteiger partial charge in [-0.3, -0.25) is 4.79 Å². The lowest BCUT2D eigenvalue weighted by Gasteiger charge is -2.35. The fourth-order valence-electron chi connectivity index (χ4n) is 5.86. The normalized spacial score (nSPS) is 20.9. The van der Waals surface area contributed by atoms with E-state index < -0.39 is 46.0 Å². The van der Waals surface area contributed by atoms with Gasteiger partial charge >= 0.3 is 6.18 Å². The van der Waals surface area contributed by atoms with Gasteiger partial charge in [0.25, 0.3) is 5.91 Å². The Kier molecular flexibility index (Phi) is 6.57. The van der Waals surface area contributed by atoms with Crippen LogP contribution in [0.2, 0.25) is 0 Å². The van der Waals surface area contributed by atoms with Crippen LogP contribution in [0.25, 0.3) is 5.69 Å². The summed E-state index contributed by atoms with van der Waals surface area (Å²) in [6, 6.07) is 12.5. The van der Waals surface area contributed by atoms with E-state index in [2.05, 4.69) is 10.6 Å². The first-order valence-corrected chi connectivity index (χ1v) is 15.4. The van der Waals surface area contributed by atoms with E-state index in [0.717, 1.165) is 35.8 Å². The summed E-state index contributed by atoms with van der Waals surface area (Å²) in [5, 5.41) is 21.3. The number of aliphatic hydroxyl groups excluding tert-OH is 1. The first-order valence-electron chi connectivity index (χ1n) is 13.3. The molecule has 1 spiro atoms. The van der Waals surface area contributed by atoms with Gasteiger partial charge in [0, 0.05) is 12.7 Å². The molecule has 2 aliphatic carbocycles. The lowest BCUT2D eigenvalue weighted by molar-refractivity contribution is -0.153. The number of anilines is 1. The molecule has 2 aromatic carbocycles. The number of rotatable bonds is 8. The molecule has 3 aromatic rings. The second-order valence-electron chi connectivity index (χ2n) is 11.1. The van der Waals surface area contributed by atoms with Crippen molar-refractivity contribution in [3.63, 3.8) is 0 Å². The van der Waals surface area contributed by atoms with Crippen molar-refractivity contribution < 1.29 is 36.2 Å². The summed E-state index contributed by atoms with van der Waals surface area (Å²) < 4.78 is 68.0. The van der Waals surface area contributed by atoms with Gasteiger partial charge in [-0.1, -0.05) is 18.2 Å². The number of halogens is 3. The Morgan fingerprint density at radius 3 is 2.73 bits per heavy atom. The highest BCUT2D eigenvalue weighted by Crippen LogP contribution is 2.45. The number of amides is 1. The monoisotopic (exact) mass is 590 g/mol. The maximum Gasteiger partial charge on any atom is 0.422 e. The molecule has 2 atom stereocenters. The molecule has 6 rings (SSSR count). The predicted molar refractivity (Wildman–Crippen MR) is 144 cm³/mol. The number of carbonyl (C=O) groups excluding carboxylic acids is 1. The van der Waals surface area contributed by atoms with E-state index in [1.165, 1.54) is 10.7 Å². The van der Waals surface area contributed by atoms with Crippen LogP contribution in [0.5, 0.6) is 5.75 Å². The van der Waals surface area contributed by atoms with Crippen molar-refractivity contribution in [2.75, 3.05) is 23.9 Å². The van der Waals surface area contributed by atoms with Gasteiger partial charge in [-0.2, -0.15) is 18.3 Å². The zero-order valence-electron chi connectivity index (χ0n) is 22.2. The van der Waals surface area contributed by atoms with Crippen LogP contribution in [-0.4, -0.2) is 60.2 Å². The van der Waals surface area contributed by atoms with Gasteiger partial charge in [-0.15, -0.1) is 0 Å². The molecule has 0 bridgehead atoms. The molecule has 0 saturated heterocycles. The predicted octanol–water partition coefficient (Wildman–Crippen LogP) is 3.59. The summed E-state index contributed by atoms with van der Waals surface area (Å²) in [5.41, 5.74) is 3.22. The summed E-state index contributed by atoms with van der Waals surface area (Å²) >= 11 is 0. The quantitative estimate of drug-likeness (QED) is 0.343.